The predicted molar refractivity (Wildman–Crippen MR) is 64.7 cm³/mol. The Hall–Kier alpha value is -1.96. The summed E-state index contributed by atoms with van der Waals surface area (Å²) in [6.45, 7) is 3.80. The van der Waals surface area contributed by atoms with Gasteiger partial charge in [0.2, 0.25) is 0 Å². The fraction of sp³-hybridized carbons (Fsp3) is 0.143. The van der Waals surface area contributed by atoms with Crippen LogP contribution in [-0.4, -0.2) is 10.2 Å². The van der Waals surface area contributed by atoms with E-state index >= 15 is 0 Å². The van der Waals surface area contributed by atoms with Crippen molar-refractivity contribution in [1.82, 2.24) is 0 Å². The van der Waals surface area contributed by atoms with Crippen LogP contribution < -0.4 is 0 Å². The molecule has 2 heteroatoms. The second-order valence-corrected chi connectivity index (χ2v) is 3.98. The van der Waals surface area contributed by atoms with Crippen LogP contribution in [-0.2, 0) is 0 Å². The second-order valence-electron chi connectivity index (χ2n) is 3.98. The third kappa shape index (κ3) is 1.74. The fourth-order valence-corrected chi connectivity index (χ4v) is 1.81. The van der Waals surface area contributed by atoms with Gasteiger partial charge >= 0.3 is 0 Å². The van der Waals surface area contributed by atoms with Crippen molar-refractivity contribution in [2.45, 2.75) is 13.8 Å². The maximum Gasteiger partial charge on any atom is 0.160 e. The molecule has 82 valence electrons. The molecular weight excluding hydrogens is 200 g/mol. The molecule has 0 heterocycles. The van der Waals surface area contributed by atoms with Gasteiger partial charge in [0.15, 0.2) is 11.5 Å². The van der Waals surface area contributed by atoms with Crippen LogP contribution in [0.2, 0.25) is 0 Å². The third-order valence-electron chi connectivity index (χ3n) is 2.74. The summed E-state index contributed by atoms with van der Waals surface area (Å²) >= 11 is 0. The summed E-state index contributed by atoms with van der Waals surface area (Å²) in [5, 5.41) is 19.1. The largest absolute Gasteiger partial charge is 0.504 e. The molecule has 2 N–H and O–H groups in total. The van der Waals surface area contributed by atoms with Gasteiger partial charge in [-0.25, -0.2) is 0 Å². The molecule has 0 unspecified atom stereocenters. The topological polar surface area (TPSA) is 40.5 Å². The molecule has 0 amide bonds. The van der Waals surface area contributed by atoms with Crippen LogP contribution in [0.15, 0.2) is 36.4 Å². The van der Waals surface area contributed by atoms with Crippen LogP contribution in [0.4, 0.5) is 0 Å². The number of rotatable bonds is 1. The molecular formula is C14H14O2. The first-order chi connectivity index (χ1) is 7.59. The number of benzene rings is 2. The Balaban J connectivity index is 2.62. The van der Waals surface area contributed by atoms with E-state index in [0.717, 1.165) is 16.7 Å². The van der Waals surface area contributed by atoms with Gasteiger partial charge in [-0.1, -0.05) is 24.3 Å². The number of aryl methyl sites for hydroxylation is 2. The van der Waals surface area contributed by atoms with E-state index in [1.54, 1.807) is 13.0 Å². The molecule has 0 radical (unpaired) electrons. The van der Waals surface area contributed by atoms with Gasteiger partial charge in [-0.05, 0) is 48.2 Å². The minimum absolute atomic E-state index is 0.0441. The minimum Gasteiger partial charge on any atom is -0.504 e. The number of phenols is 2. The molecule has 2 rings (SSSR count). The van der Waals surface area contributed by atoms with Crippen molar-refractivity contribution in [3.63, 3.8) is 0 Å². The number of phenolic OH excluding ortho intramolecular Hbond substituents is 2. The Labute approximate surface area is 94.8 Å². The number of aromatic hydroxyl groups is 2. The molecule has 0 fully saturated rings. The lowest BCUT2D eigenvalue weighted by Crippen LogP contribution is -1.85. The Morgan fingerprint density at radius 3 is 2.19 bits per heavy atom. The summed E-state index contributed by atoms with van der Waals surface area (Å²) in [4.78, 5) is 0. The Bertz CT molecular complexity index is 507. The zero-order chi connectivity index (χ0) is 11.7. The lowest BCUT2D eigenvalue weighted by Gasteiger charge is -2.09. The van der Waals surface area contributed by atoms with Crippen LogP contribution in [0.1, 0.15) is 11.1 Å². The van der Waals surface area contributed by atoms with E-state index in [1.807, 2.05) is 37.3 Å². The Morgan fingerprint density at radius 1 is 0.875 bits per heavy atom. The molecule has 0 aliphatic heterocycles. The molecule has 0 aliphatic rings. The maximum atomic E-state index is 9.58. The first-order valence-corrected chi connectivity index (χ1v) is 5.18. The van der Waals surface area contributed by atoms with Crippen molar-refractivity contribution in [3.8, 4) is 22.6 Å². The molecule has 0 bridgehead atoms. The van der Waals surface area contributed by atoms with Crippen LogP contribution in [0, 0.1) is 13.8 Å². The lowest BCUT2D eigenvalue weighted by molar-refractivity contribution is 0.401. The fourth-order valence-electron chi connectivity index (χ4n) is 1.81. The van der Waals surface area contributed by atoms with Crippen LogP contribution in [0.3, 0.4) is 0 Å². The van der Waals surface area contributed by atoms with Crippen molar-refractivity contribution >= 4 is 0 Å². The van der Waals surface area contributed by atoms with Crippen molar-refractivity contribution in [2.75, 3.05) is 0 Å². The molecule has 0 aromatic heterocycles. The first kappa shape index (κ1) is 10.6. The van der Waals surface area contributed by atoms with Crippen molar-refractivity contribution in [1.29, 1.82) is 0 Å². The van der Waals surface area contributed by atoms with Crippen molar-refractivity contribution in [2.24, 2.45) is 0 Å². The van der Waals surface area contributed by atoms with Gasteiger partial charge in [-0.15, -0.1) is 0 Å². The summed E-state index contributed by atoms with van der Waals surface area (Å²) in [6, 6.07) is 11.4. The van der Waals surface area contributed by atoms with Gasteiger partial charge in [0.05, 0.1) is 0 Å². The minimum atomic E-state index is -0.0711. The summed E-state index contributed by atoms with van der Waals surface area (Å²) < 4.78 is 0. The average molecular weight is 214 g/mol. The number of hydrogen-bond donors (Lipinski definition) is 2. The van der Waals surface area contributed by atoms with Gasteiger partial charge in [-0.3, -0.25) is 0 Å². The average Bonchev–Trinajstić information content (AvgIpc) is 2.26. The summed E-state index contributed by atoms with van der Waals surface area (Å²) in [5.41, 5.74) is 3.82. The predicted octanol–water partition coefficient (Wildman–Crippen LogP) is 3.38. The van der Waals surface area contributed by atoms with Gasteiger partial charge in [-0.2, -0.15) is 0 Å². The maximum absolute atomic E-state index is 9.58. The van der Waals surface area contributed by atoms with E-state index in [2.05, 4.69) is 0 Å². The molecule has 0 atom stereocenters. The first-order valence-electron chi connectivity index (χ1n) is 5.18. The Morgan fingerprint density at radius 2 is 1.56 bits per heavy atom. The summed E-state index contributed by atoms with van der Waals surface area (Å²) in [7, 11) is 0. The molecule has 0 spiro atoms. The summed E-state index contributed by atoms with van der Waals surface area (Å²) in [5.74, 6) is -0.115. The van der Waals surface area contributed by atoms with E-state index in [4.69, 9.17) is 0 Å². The Kier molecular flexibility index (Phi) is 2.57. The van der Waals surface area contributed by atoms with E-state index in [9.17, 15) is 10.2 Å². The van der Waals surface area contributed by atoms with Gasteiger partial charge < -0.3 is 10.2 Å². The lowest BCUT2D eigenvalue weighted by atomic mass is 9.98. The van der Waals surface area contributed by atoms with Crippen molar-refractivity contribution in [3.05, 3.63) is 47.5 Å². The normalized spacial score (nSPS) is 10.4. The highest BCUT2D eigenvalue weighted by molar-refractivity contribution is 5.71. The second kappa shape index (κ2) is 3.89. The van der Waals surface area contributed by atoms with E-state index in [0.29, 0.717) is 5.56 Å². The monoisotopic (exact) mass is 214 g/mol. The molecule has 16 heavy (non-hydrogen) atoms. The van der Waals surface area contributed by atoms with Crippen LogP contribution >= 0.6 is 0 Å². The van der Waals surface area contributed by atoms with E-state index < -0.39 is 0 Å². The van der Waals surface area contributed by atoms with Crippen LogP contribution in [0.25, 0.3) is 11.1 Å². The van der Waals surface area contributed by atoms with Gasteiger partial charge in [0, 0.05) is 0 Å². The molecule has 2 nitrogen and oxygen atoms in total. The molecule has 2 aromatic carbocycles. The standard InChI is InChI=1S/C14H14O2/c1-9-5-3-4-6-12(9)11-7-10(2)14(16)13(15)8-11/h3-8,15-16H,1-2H3. The SMILES string of the molecule is Cc1ccccc1-c1cc(C)c(O)c(O)c1. The zero-order valence-corrected chi connectivity index (χ0v) is 9.36. The molecule has 0 saturated heterocycles. The zero-order valence-electron chi connectivity index (χ0n) is 9.36. The van der Waals surface area contributed by atoms with Crippen LogP contribution in [0.5, 0.6) is 11.5 Å². The highest BCUT2D eigenvalue weighted by Gasteiger charge is 2.08. The van der Waals surface area contributed by atoms with E-state index in [-0.39, 0.29) is 11.5 Å². The highest BCUT2D eigenvalue weighted by Crippen LogP contribution is 2.34. The smallest absolute Gasteiger partial charge is 0.160 e. The molecule has 2 aromatic rings. The summed E-state index contributed by atoms with van der Waals surface area (Å²) in [6.07, 6.45) is 0. The van der Waals surface area contributed by atoms with Gasteiger partial charge in [0.1, 0.15) is 0 Å². The highest BCUT2D eigenvalue weighted by atomic mass is 16.3. The molecule has 0 saturated carbocycles. The molecule has 0 aliphatic carbocycles. The quantitative estimate of drug-likeness (QED) is 0.714. The number of hydrogen-bond acceptors (Lipinski definition) is 2. The third-order valence-corrected chi connectivity index (χ3v) is 2.74. The van der Waals surface area contributed by atoms with E-state index in [1.165, 1.54) is 0 Å². The van der Waals surface area contributed by atoms with Crippen molar-refractivity contribution < 1.29 is 10.2 Å². The van der Waals surface area contributed by atoms with Gasteiger partial charge in [0.25, 0.3) is 0 Å².